The minimum atomic E-state index is -0.292. The zero-order valence-corrected chi connectivity index (χ0v) is 11.2. The molecule has 0 aromatic rings. The standard InChI is InChI=1S/C16H22O/c1-6-7-12(2)8-9-14-13(3)15(17)10-11-16(14,4)5/h1,7-9,15,17H,10-11H2,2-5H3/b9-8+,12-7+. The third-order valence-corrected chi connectivity index (χ3v) is 3.52. The van der Waals surface area contributed by atoms with Gasteiger partial charge < -0.3 is 5.11 Å². The van der Waals surface area contributed by atoms with Gasteiger partial charge in [0.15, 0.2) is 0 Å². The zero-order valence-electron chi connectivity index (χ0n) is 11.2. The lowest BCUT2D eigenvalue weighted by Gasteiger charge is -2.35. The molecule has 0 bridgehead atoms. The lowest BCUT2D eigenvalue weighted by molar-refractivity contribution is 0.163. The molecule has 0 saturated carbocycles. The summed E-state index contributed by atoms with van der Waals surface area (Å²) < 4.78 is 0. The molecule has 1 heteroatoms. The van der Waals surface area contributed by atoms with Crippen molar-refractivity contribution >= 4 is 0 Å². The third kappa shape index (κ3) is 3.35. The monoisotopic (exact) mass is 230 g/mol. The van der Waals surface area contributed by atoms with E-state index in [-0.39, 0.29) is 11.5 Å². The van der Waals surface area contributed by atoms with E-state index in [1.807, 2.05) is 19.9 Å². The van der Waals surface area contributed by atoms with Gasteiger partial charge in [-0.3, -0.25) is 0 Å². The number of aliphatic hydroxyl groups is 1. The number of rotatable bonds is 2. The molecule has 0 aliphatic heterocycles. The number of hydrogen-bond donors (Lipinski definition) is 1. The molecule has 0 saturated heterocycles. The summed E-state index contributed by atoms with van der Waals surface area (Å²) in [7, 11) is 0. The van der Waals surface area contributed by atoms with Crippen LogP contribution in [0.3, 0.4) is 0 Å². The van der Waals surface area contributed by atoms with E-state index in [2.05, 4.69) is 25.8 Å². The smallest absolute Gasteiger partial charge is 0.0753 e. The maximum Gasteiger partial charge on any atom is 0.0753 e. The largest absolute Gasteiger partial charge is 0.389 e. The van der Waals surface area contributed by atoms with Gasteiger partial charge in [-0.25, -0.2) is 0 Å². The molecule has 0 aromatic heterocycles. The van der Waals surface area contributed by atoms with Crippen molar-refractivity contribution in [3.8, 4) is 12.3 Å². The first-order valence-electron chi connectivity index (χ1n) is 6.09. The van der Waals surface area contributed by atoms with E-state index < -0.39 is 0 Å². The average molecular weight is 230 g/mol. The van der Waals surface area contributed by atoms with E-state index in [1.54, 1.807) is 6.08 Å². The van der Waals surface area contributed by atoms with Crippen molar-refractivity contribution in [2.24, 2.45) is 5.41 Å². The van der Waals surface area contributed by atoms with Crippen molar-refractivity contribution in [1.29, 1.82) is 0 Å². The predicted octanol–water partition coefficient (Wildman–Crippen LogP) is 3.62. The van der Waals surface area contributed by atoms with E-state index in [9.17, 15) is 5.11 Å². The lowest BCUT2D eigenvalue weighted by atomic mass is 9.71. The van der Waals surface area contributed by atoms with Gasteiger partial charge in [-0.1, -0.05) is 31.9 Å². The van der Waals surface area contributed by atoms with Crippen molar-refractivity contribution in [2.45, 2.75) is 46.6 Å². The highest BCUT2D eigenvalue weighted by Crippen LogP contribution is 2.40. The molecule has 17 heavy (non-hydrogen) atoms. The zero-order chi connectivity index (χ0) is 13.1. The van der Waals surface area contributed by atoms with Crippen LogP contribution >= 0.6 is 0 Å². The van der Waals surface area contributed by atoms with Crippen molar-refractivity contribution in [3.05, 3.63) is 34.9 Å². The van der Waals surface area contributed by atoms with Crippen LogP contribution in [0.1, 0.15) is 40.5 Å². The van der Waals surface area contributed by atoms with Crippen LogP contribution in [0.15, 0.2) is 34.9 Å². The van der Waals surface area contributed by atoms with Gasteiger partial charge in [0, 0.05) is 0 Å². The van der Waals surface area contributed by atoms with Gasteiger partial charge in [0.2, 0.25) is 0 Å². The van der Waals surface area contributed by atoms with Gasteiger partial charge in [0.1, 0.15) is 0 Å². The Bertz CT molecular complexity index is 413. The van der Waals surface area contributed by atoms with Crippen LogP contribution in [-0.2, 0) is 0 Å². The summed E-state index contributed by atoms with van der Waals surface area (Å²) in [5.41, 5.74) is 3.52. The van der Waals surface area contributed by atoms with Gasteiger partial charge in [0.25, 0.3) is 0 Å². The number of allylic oxidation sites excluding steroid dienone is 5. The fraction of sp³-hybridized carbons (Fsp3) is 0.500. The van der Waals surface area contributed by atoms with Crippen LogP contribution in [-0.4, -0.2) is 11.2 Å². The first kappa shape index (κ1) is 13.8. The summed E-state index contributed by atoms with van der Waals surface area (Å²) in [5.74, 6) is 2.52. The molecular weight excluding hydrogens is 208 g/mol. The fourth-order valence-corrected chi connectivity index (χ4v) is 2.31. The van der Waals surface area contributed by atoms with Crippen LogP contribution in [0.2, 0.25) is 0 Å². The molecule has 0 heterocycles. The molecule has 0 fully saturated rings. The molecule has 0 aromatic carbocycles. The fourth-order valence-electron chi connectivity index (χ4n) is 2.31. The minimum absolute atomic E-state index is 0.135. The molecule has 1 unspecified atom stereocenters. The molecule has 1 nitrogen and oxygen atoms in total. The minimum Gasteiger partial charge on any atom is -0.389 e. The average Bonchev–Trinajstić information content (AvgIpc) is 2.24. The van der Waals surface area contributed by atoms with Crippen molar-refractivity contribution < 1.29 is 5.11 Å². The molecule has 0 amide bonds. The van der Waals surface area contributed by atoms with Gasteiger partial charge in [-0.2, -0.15) is 0 Å². The Kier molecular flexibility index (Phi) is 4.37. The summed E-state index contributed by atoms with van der Waals surface area (Å²) >= 11 is 0. The quantitative estimate of drug-likeness (QED) is 0.567. The molecule has 92 valence electrons. The second-order valence-electron chi connectivity index (χ2n) is 5.42. The van der Waals surface area contributed by atoms with Gasteiger partial charge in [0.05, 0.1) is 6.10 Å². The first-order valence-corrected chi connectivity index (χ1v) is 6.09. The maximum absolute atomic E-state index is 9.91. The normalized spacial score (nSPS) is 25.2. The van der Waals surface area contributed by atoms with Gasteiger partial charge >= 0.3 is 0 Å². The summed E-state index contributed by atoms with van der Waals surface area (Å²) in [4.78, 5) is 0. The maximum atomic E-state index is 9.91. The highest BCUT2D eigenvalue weighted by Gasteiger charge is 2.30. The Morgan fingerprint density at radius 3 is 2.76 bits per heavy atom. The first-order chi connectivity index (χ1) is 7.88. The number of hydrogen-bond acceptors (Lipinski definition) is 1. The molecular formula is C16H22O. The Hall–Kier alpha value is -1.26. The Morgan fingerprint density at radius 1 is 1.53 bits per heavy atom. The second-order valence-corrected chi connectivity index (χ2v) is 5.42. The van der Waals surface area contributed by atoms with Crippen LogP contribution in [0, 0.1) is 17.8 Å². The molecule has 0 spiro atoms. The Labute approximate surface area is 105 Å². The van der Waals surface area contributed by atoms with Crippen molar-refractivity contribution in [1.82, 2.24) is 0 Å². The summed E-state index contributed by atoms with van der Waals surface area (Å²) in [6.45, 7) is 8.45. The molecule has 0 radical (unpaired) electrons. The van der Waals surface area contributed by atoms with E-state index in [1.165, 1.54) is 5.57 Å². The van der Waals surface area contributed by atoms with Crippen LogP contribution < -0.4 is 0 Å². The number of terminal acetylenes is 1. The van der Waals surface area contributed by atoms with Crippen molar-refractivity contribution in [3.63, 3.8) is 0 Å². The Balaban J connectivity index is 3.05. The SMILES string of the molecule is C#C/C=C(C)/C=C/C1=C(C)C(O)CCC1(C)C. The molecule has 1 rings (SSSR count). The topological polar surface area (TPSA) is 20.2 Å². The predicted molar refractivity (Wildman–Crippen MR) is 73.5 cm³/mol. The second kappa shape index (κ2) is 5.38. The third-order valence-electron chi connectivity index (χ3n) is 3.52. The highest BCUT2D eigenvalue weighted by molar-refractivity contribution is 5.38. The Morgan fingerprint density at radius 2 is 2.18 bits per heavy atom. The van der Waals surface area contributed by atoms with Crippen molar-refractivity contribution in [2.75, 3.05) is 0 Å². The molecule has 1 aliphatic rings. The van der Waals surface area contributed by atoms with E-state index in [4.69, 9.17) is 6.42 Å². The molecule has 1 aliphatic carbocycles. The van der Waals surface area contributed by atoms with E-state index in [0.29, 0.717) is 0 Å². The molecule has 1 atom stereocenters. The lowest BCUT2D eigenvalue weighted by Crippen LogP contribution is -2.27. The number of aliphatic hydroxyl groups excluding tert-OH is 1. The highest BCUT2D eigenvalue weighted by atomic mass is 16.3. The summed E-state index contributed by atoms with van der Waals surface area (Å²) in [6, 6.07) is 0. The summed E-state index contributed by atoms with van der Waals surface area (Å²) in [5, 5.41) is 9.91. The summed E-state index contributed by atoms with van der Waals surface area (Å²) in [6.07, 6.45) is 12.7. The van der Waals surface area contributed by atoms with E-state index in [0.717, 1.165) is 24.0 Å². The van der Waals surface area contributed by atoms with Crippen LogP contribution in [0.4, 0.5) is 0 Å². The van der Waals surface area contributed by atoms with Crippen LogP contribution in [0.25, 0.3) is 0 Å². The van der Waals surface area contributed by atoms with E-state index >= 15 is 0 Å². The van der Waals surface area contributed by atoms with Crippen LogP contribution in [0.5, 0.6) is 0 Å². The molecule has 1 N–H and O–H groups in total. The van der Waals surface area contributed by atoms with Gasteiger partial charge in [-0.05, 0) is 54.9 Å². The van der Waals surface area contributed by atoms with Gasteiger partial charge in [-0.15, -0.1) is 6.42 Å².